The minimum atomic E-state index is -0.328. The number of carbonyl (C=O) groups is 2. The van der Waals surface area contributed by atoms with E-state index in [1.165, 1.54) is 0 Å². The number of para-hydroxylation sites is 1. The quantitative estimate of drug-likeness (QED) is 0.696. The molecule has 0 N–H and O–H groups in total. The van der Waals surface area contributed by atoms with Crippen LogP contribution in [0.2, 0.25) is 0 Å². The number of methoxy groups -OCH3 is 1. The van der Waals surface area contributed by atoms with Crippen LogP contribution in [0.15, 0.2) is 24.3 Å². The van der Waals surface area contributed by atoms with Crippen molar-refractivity contribution in [1.82, 2.24) is 0 Å². The Bertz CT molecular complexity index is 412. The third kappa shape index (κ3) is 4.57. The second-order valence-electron chi connectivity index (χ2n) is 3.83. The number of hydrogen-bond donors (Lipinski definition) is 0. The molecule has 0 spiro atoms. The minimum absolute atomic E-state index is 0.00699. The van der Waals surface area contributed by atoms with E-state index in [1.807, 2.05) is 24.3 Å². The van der Waals surface area contributed by atoms with Crippen LogP contribution in [0, 0.1) is 0 Å². The Kier molecular flexibility index (Phi) is 5.91. The Morgan fingerprint density at radius 3 is 2.56 bits per heavy atom. The van der Waals surface area contributed by atoms with Gasteiger partial charge in [-0.1, -0.05) is 18.2 Å². The second-order valence-corrected chi connectivity index (χ2v) is 3.83. The van der Waals surface area contributed by atoms with E-state index in [9.17, 15) is 9.59 Å². The number of ether oxygens (including phenoxy) is 2. The smallest absolute Gasteiger partial charge is 0.306 e. The third-order valence-corrected chi connectivity index (χ3v) is 2.49. The molecule has 1 rings (SSSR count). The van der Waals surface area contributed by atoms with Crippen LogP contribution < -0.4 is 4.74 Å². The van der Waals surface area contributed by atoms with E-state index >= 15 is 0 Å². The van der Waals surface area contributed by atoms with Crippen LogP contribution in [-0.2, 0) is 20.7 Å². The van der Waals surface area contributed by atoms with E-state index in [1.54, 1.807) is 14.0 Å². The molecule has 0 saturated carbocycles. The molecule has 0 atom stereocenters. The zero-order chi connectivity index (χ0) is 13.4. The van der Waals surface area contributed by atoms with E-state index in [-0.39, 0.29) is 31.0 Å². The van der Waals surface area contributed by atoms with E-state index in [0.717, 1.165) is 5.56 Å². The summed E-state index contributed by atoms with van der Waals surface area (Å²) >= 11 is 0. The van der Waals surface area contributed by atoms with Gasteiger partial charge >= 0.3 is 5.97 Å². The SMILES string of the molecule is CCOC(=O)CCC(=O)Cc1ccccc1OC. The molecule has 0 aliphatic rings. The van der Waals surface area contributed by atoms with Crippen molar-refractivity contribution in [2.75, 3.05) is 13.7 Å². The zero-order valence-electron chi connectivity index (χ0n) is 10.8. The average molecular weight is 250 g/mol. The Morgan fingerprint density at radius 2 is 1.89 bits per heavy atom. The molecule has 0 saturated heterocycles. The Balaban J connectivity index is 2.47. The number of rotatable bonds is 7. The molecule has 98 valence electrons. The Labute approximate surface area is 107 Å². The van der Waals surface area contributed by atoms with Crippen LogP contribution in [0.3, 0.4) is 0 Å². The monoisotopic (exact) mass is 250 g/mol. The summed E-state index contributed by atoms with van der Waals surface area (Å²) < 4.78 is 9.94. The number of hydrogen-bond acceptors (Lipinski definition) is 4. The van der Waals surface area contributed by atoms with Gasteiger partial charge in [0.15, 0.2) is 0 Å². The predicted octanol–water partition coefficient (Wildman–Crippen LogP) is 2.15. The van der Waals surface area contributed by atoms with E-state index < -0.39 is 0 Å². The van der Waals surface area contributed by atoms with E-state index in [4.69, 9.17) is 9.47 Å². The number of benzene rings is 1. The average Bonchev–Trinajstić information content (AvgIpc) is 2.37. The highest BCUT2D eigenvalue weighted by Crippen LogP contribution is 2.18. The van der Waals surface area contributed by atoms with Gasteiger partial charge in [0.05, 0.1) is 20.1 Å². The first-order valence-corrected chi connectivity index (χ1v) is 5.96. The van der Waals surface area contributed by atoms with Gasteiger partial charge in [-0.15, -0.1) is 0 Å². The van der Waals surface area contributed by atoms with E-state index in [2.05, 4.69) is 0 Å². The van der Waals surface area contributed by atoms with Crippen molar-refractivity contribution in [2.45, 2.75) is 26.2 Å². The highest BCUT2D eigenvalue weighted by atomic mass is 16.5. The van der Waals surface area contributed by atoms with Gasteiger partial charge in [-0.05, 0) is 13.0 Å². The van der Waals surface area contributed by atoms with Crippen molar-refractivity contribution in [2.24, 2.45) is 0 Å². The summed E-state index contributed by atoms with van der Waals surface area (Å²) in [5.41, 5.74) is 0.842. The molecule has 0 unspecified atom stereocenters. The van der Waals surface area contributed by atoms with Gasteiger partial charge < -0.3 is 9.47 Å². The number of esters is 1. The second kappa shape index (κ2) is 7.48. The number of Topliss-reactive ketones (excluding diaryl/α,β-unsaturated/α-hetero) is 1. The van der Waals surface area contributed by atoms with Crippen molar-refractivity contribution in [3.05, 3.63) is 29.8 Å². The van der Waals surface area contributed by atoms with Crippen LogP contribution in [0.1, 0.15) is 25.3 Å². The van der Waals surface area contributed by atoms with E-state index in [0.29, 0.717) is 12.4 Å². The summed E-state index contributed by atoms with van der Waals surface area (Å²) in [5, 5.41) is 0. The summed E-state index contributed by atoms with van der Waals surface area (Å²) in [4.78, 5) is 22.8. The van der Waals surface area contributed by atoms with Gasteiger partial charge in [0.1, 0.15) is 11.5 Å². The molecule has 1 aromatic carbocycles. The lowest BCUT2D eigenvalue weighted by Crippen LogP contribution is -2.09. The lowest BCUT2D eigenvalue weighted by atomic mass is 10.0. The molecule has 0 bridgehead atoms. The topological polar surface area (TPSA) is 52.6 Å². The van der Waals surface area contributed by atoms with Crippen molar-refractivity contribution in [1.29, 1.82) is 0 Å². The minimum Gasteiger partial charge on any atom is -0.496 e. The maximum Gasteiger partial charge on any atom is 0.306 e. The van der Waals surface area contributed by atoms with Gasteiger partial charge in [-0.25, -0.2) is 0 Å². The molecule has 1 aromatic rings. The van der Waals surface area contributed by atoms with Gasteiger partial charge in [0.2, 0.25) is 0 Å². The molecular weight excluding hydrogens is 232 g/mol. The predicted molar refractivity (Wildman–Crippen MR) is 67.6 cm³/mol. The summed E-state index contributed by atoms with van der Waals surface area (Å²) in [6, 6.07) is 7.37. The first-order valence-electron chi connectivity index (χ1n) is 5.96. The lowest BCUT2D eigenvalue weighted by molar-refractivity contribution is -0.144. The summed E-state index contributed by atoms with van der Waals surface area (Å²) in [6.45, 7) is 2.09. The summed E-state index contributed by atoms with van der Waals surface area (Å²) in [5.74, 6) is 0.375. The van der Waals surface area contributed by atoms with Crippen LogP contribution >= 0.6 is 0 Å². The Morgan fingerprint density at radius 1 is 1.17 bits per heavy atom. The lowest BCUT2D eigenvalue weighted by Gasteiger charge is -2.07. The maximum absolute atomic E-state index is 11.7. The van der Waals surface area contributed by atoms with Crippen LogP contribution in [-0.4, -0.2) is 25.5 Å². The molecule has 0 aliphatic carbocycles. The Hall–Kier alpha value is -1.84. The van der Waals surface area contributed by atoms with Gasteiger partial charge in [0.25, 0.3) is 0 Å². The van der Waals surface area contributed by atoms with Crippen molar-refractivity contribution in [3.8, 4) is 5.75 Å². The van der Waals surface area contributed by atoms with Gasteiger partial charge in [-0.3, -0.25) is 9.59 Å². The first-order chi connectivity index (χ1) is 8.67. The fraction of sp³-hybridized carbons (Fsp3) is 0.429. The molecule has 4 heteroatoms. The van der Waals surface area contributed by atoms with Crippen LogP contribution in [0.5, 0.6) is 5.75 Å². The van der Waals surface area contributed by atoms with Crippen molar-refractivity contribution in [3.63, 3.8) is 0 Å². The third-order valence-electron chi connectivity index (χ3n) is 2.49. The molecular formula is C14H18O4. The van der Waals surface area contributed by atoms with Crippen molar-refractivity contribution < 1.29 is 19.1 Å². The van der Waals surface area contributed by atoms with Crippen molar-refractivity contribution >= 4 is 11.8 Å². The largest absolute Gasteiger partial charge is 0.496 e. The zero-order valence-corrected chi connectivity index (χ0v) is 10.8. The highest BCUT2D eigenvalue weighted by Gasteiger charge is 2.10. The standard InChI is InChI=1S/C14H18O4/c1-3-18-14(16)9-8-12(15)10-11-6-4-5-7-13(11)17-2/h4-7H,3,8-10H2,1-2H3. The molecule has 0 amide bonds. The van der Waals surface area contributed by atoms with Gasteiger partial charge in [0, 0.05) is 18.4 Å². The molecule has 4 nitrogen and oxygen atoms in total. The first kappa shape index (κ1) is 14.2. The normalized spacial score (nSPS) is 9.89. The molecule has 0 radical (unpaired) electrons. The van der Waals surface area contributed by atoms with Gasteiger partial charge in [-0.2, -0.15) is 0 Å². The molecule has 18 heavy (non-hydrogen) atoms. The molecule has 0 fully saturated rings. The fourth-order valence-electron chi connectivity index (χ4n) is 1.62. The number of ketones is 1. The summed E-state index contributed by atoms with van der Waals surface area (Å²) in [6.07, 6.45) is 0.627. The van der Waals surface area contributed by atoms with Crippen LogP contribution in [0.25, 0.3) is 0 Å². The fourth-order valence-corrected chi connectivity index (χ4v) is 1.62. The van der Waals surface area contributed by atoms with Crippen LogP contribution in [0.4, 0.5) is 0 Å². The maximum atomic E-state index is 11.7. The molecule has 0 heterocycles. The molecule has 0 aliphatic heterocycles. The number of carbonyl (C=O) groups excluding carboxylic acids is 2. The summed E-state index contributed by atoms with van der Waals surface area (Å²) in [7, 11) is 1.57. The highest BCUT2D eigenvalue weighted by molar-refractivity contribution is 5.85. The molecule has 0 aromatic heterocycles.